The van der Waals surface area contributed by atoms with Gasteiger partial charge in [-0.3, -0.25) is 0 Å². The zero-order chi connectivity index (χ0) is 21.8. The lowest BCUT2D eigenvalue weighted by Crippen LogP contribution is -2.35. The second-order valence-corrected chi connectivity index (χ2v) is 10.9. The maximum absolute atomic E-state index is 11.7. The second kappa shape index (κ2) is 8.22. The van der Waals surface area contributed by atoms with E-state index >= 15 is 0 Å². The highest BCUT2D eigenvalue weighted by molar-refractivity contribution is 14.1. The van der Waals surface area contributed by atoms with E-state index < -0.39 is 5.79 Å². The fourth-order valence-electron chi connectivity index (χ4n) is 4.25. The Bertz CT molecular complexity index is 1120. The molecule has 0 bridgehead atoms. The number of fused-ring (bicyclic) bond motifs is 2. The molecule has 1 saturated carbocycles. The minimum atomic E-state index is -0.711. The number of thiazole rings is 1. The van der Waals surface area contributed by atoms with E-state index in [4.69, 9.17) is 19.4 Å². The van der Waals surface area contributed by atoms with Crippen molar-refractivity contribution in [1.82, 2.24) is 15.0 Å². The van der Waals surface area contributed by atoms with Crippen molar-refractivity contribution in [3.8, 4) is 10.6 Å². The molecule has 3 heterocycles. The molecule has 0 amide bonds. The lowest BCUT2D eigenvalue weighted by molar-refractivity contribution is -0.157. The molecule has 10 heteroatoms. The number of anilines is 1. The number of para-hydroxylation sites is 1. The number of rotatable bonds is 5. The van der Waals surface area contributed by atoms with E-state index in [1.807, 2.05) is 38.3 Å². The molecule has 7 nitrogen and oxygen atoms in total. The van der Waals surface area contributed by atoms with Crippen molar-refractivity contribution in [1.29, 1.82) is 0 Å². The SMILES string of the molecule is CSc1nc(I)c(-c2nc3ccccc3s2)c(N[C@@H]2CC(C=O)[C@H]3OC(C)(C)O[C@H]32)n1. The minimum absolute atomic E-state index is 0.101. The lowest BCUT2D eigenvalue weighted by Gasteiger charge is -2.24. The van der Waals surface area contributed by atoms with Crippen LogP contribution in [0.15, 0.2) is 29.4 Å². The number of ether oxygens (including phenoxy) is 2. The van der Waals surface area contributed by atoms with Gasteiger partial charge in [-0.2, -0.15) is 0 Å². The Morgan fingerprint density at radius 2 is 2.00 bits per heavy atom. The monoisotopic (exact) mass is 568 g/mol. The van der Waals surface area contributed by atoms with Crippen LogP contribution in [0.25, 0.3) is 20.8 Å². The van der Waals surface area contributed by atoms with Crippen LogP contribution in [0.3, 0.4) is 0 Å². The normalized spacial score (nSPS) is 26.8. The van der Waals surface area contributed by atoms with Crippen molar-refractivity contribution in [3.63, 3.8) is 0 Å². The number of thioether (sulfide) groups is 1. The second-order valence-electron chi connectivity index (χ2n) is 8.06. The summed E-state index contributed by atoms with van der Waals surface area (Å²) in [7, 11) is 0. The third-order valence-electron chi connectivity index (χ3n) is 5.54. The average Bonchev–Trinajstić information content (AvgIpc) is 3.38. The van der Waals surface area contributed by atoms with Crippen LogP contribution in [0.2, 0.25) is 0 Å². The molecule has 4 atom stereocenters. The maximum Gasteiger partial charge on any atom is 0.190 e. The minimum Gasteiger partial charge on any atom is -0.364 e. The van der Waals surface area contributed by atoms with Crippen LogP contribution >= 0.6 is 45.7 Å². The Morgan fingerprint density at radius 3 is 2.74 bits per heavy atom. The van der Waals surface area contributed by atoms with Gasteiger partial charge in [0.25, 0.3) is 0 Å². The highest BCUT2D eigenvalue weighted by Crippen LogP contribution is 2.43. The number of hydrogen-bond donors (Lipinski definition) is 1. The van der Waals surface area contributed by atoms with Crippen molar-refractivity contribution in [2.45, 2.75) is 49.5 Å². The van der Waals surface area contributed by atoms with Gasteiger partial charge in [-0.25, -0.2) is 15.0 Å². The standard InChI is InChI=1S/C21H21IN4O3S2/c1-21(2)28-15-10(9-27)8-12(16(15)29-21)23-18-14(17(22)25-20(26-18)30-3)19-24-11-6-4-5-7-13(11)31-19/h4-7,9-10,12,15-16H,8H2,1-3H3,(H,23,25,26)/t10?,12-,15-,16+/m1/s1. The van der Waals surface area contributed by atoms with Crippen molar-refractivity contribution < 1.29 is 14.3 Å². The summed E-state index contributed by atoms with van der Waals surface area (Å²) in [6.45, 7) is 3.77. The van der Waals surface area contributed by atoms with Gasteiger partial charge in [0.2, 0.25) is 0 Å². The molecule has 1 aliphatic heterocycles. The molecule has 1 saturated heterocycles. The van der Waals surface area contributed by atoms with E-state index in [1.54, 1.807) is 11.3 Å². The van der Waals surface area contributed by atoms with Gasteiger partial charge < -0.3 is 19.6 Å². The van der Waals surface area contributed by atoms with E-state index in [0.717, 1.165) is 30.8 Å². The van der Waals surface area contributed by atoms with Crippen LogP contribution in [0, 0.1) is 9.62 Å². The molecule has 31 heavy (non-hydrogen) atoms. The summed E-state index contributed by atoms with van der Waals surface area (Å²) in [5.74, 6) is -0.209. The Balaban J connectivity index is 1.55. The number of nitrogens with one attached hydrogen (secondary N) is 1. The van der Waals surface area contributed by atoms with Crippen molar-refractivity contribution in [2.75, 3.05) is 11.6 Å². The molecule has 1 aliphatic carbocycles. The molecule has 3 aromatic rings. The summed E-state index contributed by atoms with van der Waals surface area (Å²) < 4.78 is 14.1. The number of carbonyl (C=O) groups is 1. The van der Waals surface area contributed by atoms with Crippen LogP contribution in [0.4, 0.5) is 5.82 Å². The zero-order valence-electron chi connectivity index (χ0n) is 17.2. The fraction of sp³-hybridized carbons (Fsp3) is 0.429. The molecule has 0 radical (unpaired) electrons. The summed E-state index contributed by atoms with van der Waals surface area (Å²) in [5, 5.41) is 5.12. The van der Waals surface area contributed by atoms with Gasteiger partial charge in [0.15, 0.2) is 10.9 Å². The van der Waals surface area contributed by atoms with Gasteiger partial charge >= 0.3 is 0 Å². The van der Waals surface area contributed by atoms with E-state index in [1.165, 1.54) is 11.8 Å². The van der Waals surface area contributed by atoms with Crippen molar-refractivity contribution in [3.05, 3.63) is 28.0 Å². The molecule has 2 aliphatic rings. The number of aromatic nitrogens is 3. The number of carbonyl (C=O) groups excluding carboxylic acids is 1. The largest absolute Gasteiger partial charge is 0.364 e. The van der Waals surface area contributed by atoms with Gasteiger partial charge in [0, 0.05) is 5.92 Å². The number of nitrogens with zero attached hydrogens (tertiary/aromatic N) is 3. The smallest absolute Gasteiger partial charge is 0.190 e. The number of halogens is 1. The summed E-state index contributed by atoms with van der Waals surface area (Å²) in [6.07, 6.45) is 3.09. The summed E-state index contributed by atoms with van der Waals surface area (Å²) >= 11 is 5.36. The van der Waals surface area contributed by atoms with Crippen LogP contribution in [-0.4, -0.2) is 51.5 Å². The van der Waals surface area contributed by atoms with Gasteiger partial charge in [-0.15, -0.1) is 11.3 Å². The maximum atomic E-state index is 11.7. The molecular weight excluding hydrogens is 547 g/mol. The first-order valence-electron chi connectivity index (χ1n) is 9.93. The van der Waals surface area contributed by atoms with E-state index in [-0.39, 0.29) is 24.2 Å². The third kappa shape index (κ3) is 3.97. The van der Waals surface area contributed by atoms with Crippen molar-refractivity contribution in [2.24, 2.45) is 5.92 Å². The Hall–Kier alpha value is -1.34. The molecule has 1 N–H and O–H groups in total. The first-order chi connectivity index (χ1) is 14.9. The molecule has 2 fully saturated rings. The van der Waals surface area contributed by atoms with Gasteiger partial charge in [0.1, 0.15) is 26.9 Å². The number of aldehydes is 1. The van der Waals surface area contributed by atoms with Crippen LogP contribution in [0.5, 0.6) is 0 Å². The number of benzene rings is 1. The highest BCUT2D eigenvalue weighted by atomic mass is 127. The third-order valence-corrected chi connectivity index (χ3v) is 7.92. The topological polar surface area (TPSA) is 86.2 Å². The van der Waals surface area contributed by atoms with Gasteiger partial charge in [-0.1, -0.05) is 23.9 Å². The molecule has 5 rings (SSSR count). The predicted molar refractivity (Wildman–Crippen MR) is 131 cm³/mol. The first kappa shape index (κ1) is 21.5. The summed E-state index contributed by atoms with van der Waals surface area (Å²) in [5.41, 5.74) is 1.83. The quantitative estimate of drug-likeness (QED) is 0.157. The predicted octanol–water partition coefficient (Wildman–Crippen LogP) is 4.60. The van der Waals surface area contributed by atoms with Crippen LogP contribution < -0.4 is 5.32 Å². The van der Waals surface area contributed by atoms with Crippen LogP contribution in [0.1, 0.15) is 20.3 Å². The summed E-state index contributed by atoms with van der Waals surface area (Å²) in [4.78, 5) is 26.0. The van der Waals surface area contributed by atoms with Crippen molar-refractivity contribution >= 4 is 68.0 Å². The highest BCUT2D eigenvalue weighted by Gasteiger charge is 2.54. The average molecular weight is 568 g/mol. The molecule has 0 spiro atoms. The van der Waals surface area contributed by atoms with Crippen LogP contribution in [-0.2, 0) is 14.3 Å². The molecule has 162 valence electrons. The number of hydrogen-bond acceptors (Lipinski definition) is 9. The van der Waals surface area contributed by atoms with E-state index in [2.05, 4.69) is 39.0 Å². The Kier molecular flexibility index (Phi) is 5.70. The first-order valence-corrected chi connectivity index (χ1v) is 13.1. The molecule has 1 unspecified atom stereocenters. The van der Waals surface area contributed by atoms with Gasteiger partial charge in [0.05, 0.1) is 27.9 Å². The molecular formula is C21H21IN4O3S2. The Morgan fingerprint density at radius 1 is 1.23 bits per heavy atom. The summed E-state index contributed by atoms with van der Waals surface area (Å²) in [6, 6.07) is 7.97. The van der Waals surface area contributed by atoms with E-state index in [9.17, 15) is 4.79 Å². The van der Waals surface area contributed by atoms with E-state index in [0.29, 0.717) is 17.4 Å². The lowest BCUT2D eigenvalue weighted by atomic mass is 10.1. The Labute approximate surface area is 201 Å². The molecule has 1 aromatic carbocycles. The fourth-order valence-corrected chi connectivity index (χ4v) is 6.71. The van der Waals surface area contributed by atoms with Gasteiger partial charge in [-0.05, 0) is 61.2 Å². The zero-order valence-corrected chi connectivity index (χ0v) is 21.0. The molecule has 2 aromatic heterocycles.